The fourth-order valence-electron chi connectivity index (χ4n) is 2.78. The lowest BCUT2D eigenvalue weighted by Gasteiger charge is -2.27. The van der Waals surface area contributed by atoms with E-state index in [4.69, 9.17) is 0 Å². The summed E-state index contributed by atoms with van der Waals surface area (Å²) in [6, 6.07) is 7.57. The molecule has 0 spiro atoms. The number of aryl methyl sites for hydroxylation is 2. The van der Waals surface area contributed by atoms with Gasteiger partial charge in [0.1, 0.15) is 0 Å². The highest BCUT2D eigenvalue weighted by Crippen LogP contribution is 2.33. The zero-order valence-electron chi connectivity index (χ0n) is 11.3. The lowest BCUT2D eigenvalue weighted by molar-refractivity contribution is 0.0619. The minimum Gasteiger partial charge on any atom is -0.275 e. The van der Waals surface area contributed by atoms with Crippen LogP contribution in [0.3, 0.4) is 0 Å². The molecule has 0 saturated carbocycles. The Bertz CT molecular complexity index is 731. The molecule has 19 heavy (non-hydrogen) atoms. The van der Waals surface area contributed by atoms with Gasteiger partial charge in [0.25, 0.3) is 11.8 Å². The normalized spacial score (nSPS) is 14.4. The molecule has 0 aliphatic carbocycles. The van der Waals surface area contributed by atoms with Gasteiger partial charge in [-0.25, -0.2) is 0 Å². The fourth-order valence-corrected chi connectivity index (χ4v) is 2.78. The summed E-state index contributed by atoms with van der Waals surface area (Å²) in [5.41, 5.74) is 3.50. The van der Waals surface area contributed by atoms with Crippen LogP contribution in [0.5, 0.6) is 0 Å². The Balaban J connectivity index is 2.49. The number of hydrogen-bond acceptors (Lipinski definition) is 2. The van der Waals surface area contributed by atoms with E-state index in [1.54, 1.807) is 6.07 Å². The third-order valence-corrected chi connectivity index (χ3v) is 3.96. The number of amides is 2. The number of rotatable bonds is 1. The molecule has 2 amide bonds. The van der Waals surface area contributed by atoms with E-state index in [9.17, 15) is 9.59 Å². The second kappa shape index (κ2) is 3.92. The molecule has 1 aliphatic rings. The van der Waals surface area contributed by atoms with Crippen LogP contribution in [-0.4, -0.2) is 23.3 Å². The summed E-state index contributed by atoms with van der Waals surface area (Å²) in [5.74, 6) is -0.367. The minimum absolute atomic E-state index is 0.181. The number of carbonyl (C=O) groups excluding carboxylic acids is 2. The van der Waals surface area contributed by atoms with E-state index in [2.05, 4.69) is 0 Å². The van der Waals surface area contributed by atoms with Crippen molar-refractivity contribution in [2.45, 2.75) is 20.8 Å². The quantitative estimate of drug-likeness (QED) is 0.732. The molecule has 2 aromatic carbocycles. The highest BCUT2D eigenvalue weighted by molar-refractivity contribution is 6.25. The van der Waals surface area contributed by atoms with E-state index in [1.165, 1.54) is 4.90 Å². The first kappa shape index (κ1) is 11.9. The molecule has 0 aromatic heterocycles. The zero-order valence-corrected chi connectivity index (χ0v) is 11.3. The van der Waals surface area contributed by atoms with Crippen LogP contribution in [0.1, 0.15) is 38.8 Å². The van der Waals surface area contributed by atoms with Crippen LogP contribution in [0, 0.1) is 13.8 Å². The van der Waals surface area contributed by atoms with Gasteiger partial charge in [0.2, 0.25) is 0 Å². The fraction of sp³-hybridized carbons (Fsp3) is 0.250. The maximum Gasteiger partial charge on any atom is 0.261 e. The van der Waals surface area contributed by atoms with Crippen LogP contribution in [-0.2, 0) is 0 Å². The van der Waals surface area contributed by atoms with Gasteiger partial charge in [0.15, 0.2) is 0 Å². The highest BCUT2D eigenvalue weighted by Gasteiger charge is 2.32. The van der Waals surface area contributed by atoms with Gasteiger partial charge in [-0.3, -0.25) is 14.5 Å². The molecular weight excluding hydrogens is 238 g/mol. The largest absolute Gasteiger partial charge is 0.275 e. The Morgan fingerprint density at radius 2 is 1.74 bits per heavy atom. The third-order valence-electron chi connectivity index (χ3n) is 3.96. The molecule has 3 heteroatoms. The van der Waals surface area contributed by atoms with E-state index in [1.807, 2.05) is 39.0 Å². The number of benzene rings is 2. The predicted molar refractivity (Wildman–Crippen MR) is 74.5 cm³/mol. The summed E-state index contributed by atoms with van der Waals surface area (Å²) in [6.07, 6.45) is 0. The molecule has 2 aromatic rings. The summed E-state index contributed by atoms with van der Waals surface area (Å²) in [7, 11) is 0. The molecule has 0 unspecified atom stereocenters. The summed E-state index contributed by atoms with van der Waals surface area (Å²) in [6.45, 7) is 6.25. The van der Waals surface area contributed by atoms with E-state index in [-0.39, 0.29) is 11.8 Å². The van der Waals surface area contributed by atoms with Gasteiger partial charge in [-0.05, 0) is 49.4 Å². The van der Waals surface area contributed by atoms with Crippen molar-refractivity contribution in [2.75, 3.05) is 6.54 Å². The van der Waals surface area contributed by atoms with E-state index in [0.29, 0.717) is 17.7 Å². The average molecular weight is 253 g/mol. The maximum atomic E-state index is 12.4. The molecule has 0 radical (unpaired) electrons. The van der Waals surface area contributed by atoms with Crippen LogP contribution < -0.4 is 0 Å². The molecule has 0 N–H and O–H groups in total. The molecule has 0 fully saturated rings. The Morgan fingerprint density at radius 1 is 1.05 bits per heavy atom. The van der Waals surface area contributed by atoms with Gasteiger partial charge in [-0.1, -0.05) is 12.1 Å². The van der Waals surface area contributed by atoms with Crippen LogP contribution in [0.15, 0.2) is 24.3 Å². The average Bonchev–Trinajstić information content (AvgIpc) is 2.41. The summed E-state index contributed by atoms with van der Waals surface area (Å²) in [4.78, 5) is 26.1. The van der Waals surface area contributed by atoms with Crippen LogP contribution in [0.25, 0.3) is 10.8 Å². The highest BCUT2D eigenvalue weighted by atomic mass is 16.2. The Kier molecular flexibility index (Phi) is 2.45. The lowest BCUT2D eigenvalue weighted by atomic mass is 9.89. The molecule has 1 heterocycles. The molecule has 96 valence electrons. The van der Waals surface area contributed by atoms with Crippen LogP contribution in [0.2, 0.25) is 0 Å². The number of carbonyl (C=O) groups is 2. The second-order valence-corrected chi connectivity index (χ2v) is 4.95. The lowest BCUT2D eigenvalue weighted by Crippen LogP contribution is -2.40. The first-order valence-corrected chi connectivity index (χ1v) is 6.45. The van der Waals surface area contributed by atoms with Crippen molar-refractivity contribution in [3.63, 3.8) is 0 Å². The van der Waals surface area contributed by atoms with E-state index >= 15 is 0 Å². The number of nitrogens with zero attached hydrogens (tertiary/aromatic N) is 1. The van der Waals surface area contributed by atoms with Gasteiger partial charge in [-0.15, -0.1) is 0 Å². The van der Waals surface area contributed by atoms with E-state index in [0.717, 1.165) is 21.9 Å². The standard InChI is InChI=1S/C16H15NO2/c1-4-17-15(18)12-7-5-6-11-10(3)9(2)8-13(14(11)12)16(17)19/h5-8H,4H2,1-3H3. The predicted octanol–water partition coefficient (Wildman–Crippen LogP) is 3.07. The topological polar surface area (TPSA) is 37.4 Å². The SMILES string of the molecule is CCN1C(=O)c2cccc3c(C)c(C)cc(c23)C1=O. The van der Waals surface area contributed by atoms with Gasteiger partial charge in [0.05, 0.1) is 0 Å². The Hall–Kier alpha value is -2.16. The first-order valence-electron chi connectivity index (χ1n) is 6.45. The van der Waals surface area contributed by atoms with Crippen molar-refractivity contribution in [3.8, 4) is 0 Å². The van der Waals surface area contributed by atoms with Crippen LogP contribution >= 0.6 is 0 Å². The molecule has 1 aliphatic heterocycles. The van der Waals surface area contributed by atoms with Gasteiger partial charge >= 0.3 is 0 Å². The van der Waals surface area contributed by atoms with Crippen molar-refractivity contribution in [1.29, 1.82) is 0 Å². The van der Waals surface area contributed by atoms with Crippen LogP contribution in [0.4, 0.5) is 0 Å². The number of hydrogen-bond donors (Lipinski definition) is 0. The maximum absolute atomic E-state index is 12.4. The monoisotopic (exact) mass is 253 g/mol. The van der Waals surface area contributed by atoms with Gasteiger partial charge < -0.3 is 0 Å². The minimum atomic E-state index is -0.186. The van der Waals surface area contributed by atoms with Gasteiger partial charge in [0, 0.05) is 23.1 Å². The third kappa shape index (κ3) is 1.44. The van der Waals surface area contributed by atoms with Crippen molar-refractivity contribution in [3.05, 3.63) is 46.5 Å². The first-order chi connectivity index (χ1) is 9.06. The Labute approximate surface area is 111 Å². The molecule has 3 rings (SSSR count). The van der Waals surface area contributed by atoms with Crippen molar-refractivity contribution in [1.82, 2.24) is 4.90 Å². The molecule has 0 saturated heterocycles. The Morgan fingerprint density at radius 3 is 2.42 bits per heavy atom. The second-order valence-electron chi connectivity index (χ2n) is 4.95. The summed E-state index contributed by atoms with van der Waals surface area (Å²) in [5, 5.41) is 1.82. The molecule has 0 atom stereocenters. The number of imide groups is 1. The van der Waals surface area contributed by atoms with Crippen molar-refractivity contribution >= 4 is 22.6 Å². The van der Waals surface area contributed by atoms with Crippen molar-refractivity contribution in [2.24, 2.45) is 0 Å². The zero-order chi connectivity index (χ0) is 13.7. The molecule has 3 nitrogen and oxygen atoms in total. The molecule has 0 bridgehead atoms. The van der Waals surface area contributed by atoms with Crippen molar-refractivity contribution < 1.29 is 9.59 Å². The summed E-state index contributed by atoms with van der Waals surface area (Å²) < 4.78 is 0. The smallest absolute Gasteiger partial charge is 0.261 e. The molecular formula is C16H15NO2. The van der Waals surface area contributed by atoms with Gasteiger partial charge in [-0.2, -0.15) is 0 Å². The summed E-state index contributed by atoms with van der Waals surface area (Å²) >= 11 is 0. The van der Waals surface area contributed by atoms with E-state index < -0.39 is 0 Å².